The number of fused-ring (bicyclic) bond motifs is 3. The van der Waals surface area contributed by atoms with E-state index in [0.29, 0.717) is 0 Å². The molecule has 3 nitrogen and oxygen atoms in total. The number of hydrogen-bond donors (Lipinski definition) is 2. The normalized spacial score (nSPS) is 11.1. The number of rotatable bonds is 3. The minimum Gasteiger partial charge on any atom is -0.366 e. The number of hydrogen-bond acceptors (Lipinski definition) is 2. The molecule has 2 N–H and O–H groups in total. The van der Waals surface area contributed by atoms with Gasteiger partial charge in [0, 0.05) is 27.9 Å². The van der Waals surface area contributed by atoms with Crippen molar-refractivity contribution in [2.45, 2.75) is 6.54 Å². The summed E-state index contributed by atoms with van der Waals surface area (Å²) in [4.78, 5) is 7.82. The van der Waals surface area contributed by atoms with Gasteiger partial charge >= 0.3 is 0 Å². The van der Waals surface area contributed by atoms with E-state index >= 15 is 0 Å². The molecule has 4 aromatic rings. The molecule has 2 heterocycles. The molecule has 0 amide bonds. The predicted molar refractivity (Wildman–Crippen MR) is 92.4 cm³/mol. The summed E-state index contributed by atoms with van der Waals surface area (Å²) in [7, 11) is 0. The lowest BCUT2D eigenvalue weighted by atomic mass is 10.2. The molecule has 4 rings (SSSR count). The van der Waals surface area contributed by atoms with Crippen molar-refractivity contribution >= 4 is 39.2 Å². The van der Waals surface area contributed by atoms with Crippen molar-refractivity contribution in [2.75, 3.05) is 5.32 Å². The number of halogens is 1. The van der Waals surface area contributed by atoms with Gasteiger partial charge in [-0.05, 0) is 29.8 Å². The molecule has 22 heavy (non-hydrogen) atoms. The second-order valence-electron chi connectivity index (χ2n) is 5.27. The maximum absolute atomic E-state index is 6.11. The summed E-state index contributed by atoms with van der Waals surface area (Å²) in [5.41, 5.74) is 3.32. The first-order chi connectivity index (χ1) is 10.8. The first-order valence-electron chi connectivity index (χ1n) is 7.14. The zero-order valence-corrected chi connectivity index (χ0v) is 12.6. The molecule has 0 fully saturated rings. The Balaban J connectivity index is 1.70. The number of nitrogens with one attached hydrogen (secondary N) is 2. The molecule has 2 aromatic carbocycles. The molecule has 0 radical (unpaired) electrons. The highest BCUT2D eigenvalue weighted by Gasteiger charge is 2.06. The van der Waals surface area contributed by atoms with Gasteiger partial charge in [-0.3, -0.25) is 0 Å². The van der Waals surface area contributed by atoms with Crippen molar-refractivity contribution in [3.05, 3.63) is 71.4 Å². The van der Waals surface area contributed by atoms with E-state index < -0.39 is 0 Å². The van der Waals surface area contributed by atoms with Gasteiger partial charge in [-0.15, -0.1) is 0 Å². The Labute approximate surface area is 132 Å². The Morgan fingerprint density at radius 1 is 0.955 bits per heavy atom. The third-order valence-electron chi connectivity index (χ3n) is 3.76. The third-order valence-corrected chi connectivity index (χ3v) is 4.00. The minimum absolute atomic E-state index is 0.740. The Hall–Kier alpha value is -2.52. The van der Waals surface area contributed by atoms with Crippen molar-refractivity contribution in [3.63, 3.8) is 0 Å². The molecule has 0 spiro atoms. The third kappa shape index (κ3) is 2.40. The number of nitrogens with zero attached hydrogens (tertiary/aromatic N) is 1. The van der Waals surface area contributed by atoms with Crippen molar-refractivity contribution in [3.8, 4) is 0 Å². The van der Waals surface area contributed by atoms with Crippen molar-refractivity contribution in [1.82, 2.24) is 9.97 Å². The van der Waals surface area contributed by atoms with Crippen molar-refractivity contribution in [2.24, 2.45) is 0 Å². The fourth-order valence-corrected chi connectivity index (χ4v) is 2.83. The monoisotopic (exact) mass is 307 g/mol. The molecule has 0 saturated carbocycles. The van der Waals surface area contributed by atoms with Gasteiger partial charge < -0.3 is 10.3 Å². The smallest absolute Gasteiger partial charge is 0.126 e. The Bertz CT molecular complexity index is 945. The molecule has 0 aliphatic heterocycles. The highest BCUT2D eigenvalue weighted by molar-refractivity contribution is 6.31. The van der Waals surface area contributed by atoms with E-state index in [1.807, 2.05) is 42.6 Å². The van der Waals surface area contributed by atoms with Crippen LogP contribution in [0.4, 0.5) is 5.82 Å². The Morgan fingerprint density at radius 3 is 2.64 bits per heavy atom. The fraction of sp³-hybridized carbons (Fsp3) is 0.0556. The highest BCUT2D eigenvalue weighted by Crippen LogP contribution is 2.28. The number of anilines is 1. The first kappa shape index (κ1) is 13.2. The van der Waals surface area contributed by atoms with Crippen LogP contribution in [0.25, 0.3) is 21.8 Å². The van der Waals surface area contributed by atoms with Crippen LogP contribution < -0.4 is 5.32 Å². The summed E-state index contributed by atoms with van der Waals surface area (Å²) < 4.78 is 0. The maximum Gasteiger partial charge on any atom is 0.126 e. The molecule has 0 aliphatic rings. The maximum atomic E-state index is 6.11. The molecular weight excluding hydrogens is 294 g/mol. The van der Waals surface area contributed by atoms with Gasteiger partial charge in [0.05, 0.1) is 11.7 Å². The summed E-state index contributed by atoms with van der Waals surface area (Å²) in [6, 6.07) is 18.2. The van der Waals surface area contributed by atoms with Crippen LogP contribution in [-0.2, 0) is 6.54 Å². The van der Waals surface area contributed by atoms with Crippen LogP contribution in [0, 0.1) is 0 Å². The zero-order valence-electron chi connectivity index (χ0n) is 11.8. The van der Waals surface area contributed by atoms with Crippen LogP contribution in [0.5, 0.6) is 0 Å². The summed E-state index contributed by atoms with van der Waals surface area (Å²) in [6.07, 6.45) is 1.86. The van der Waals surface area contributed by atoms with Crippen LogP contribution in [0.3, 0.4) is 0 Å². The van der Waals surface area contributed by atoms with E-state index in [-0.39, 0.29) is 0 Å². The number of benzene rings is 2. The summed E-state index contributed by atoms with van der Waals surface area (Å²) in [6.45, 7) is 0.752. The van der Waals surface area contributed by atoms with Gasteiger partial charge in [-0.25, -0.2) is 4.98 Å². The fourth-order valence-electron chi connectivity index (χ4n) is 2.66. The van der Waals surface area contributed by atoms with Crippen LogP contribution in [-0.4, -0.2) is 9.97 Å². The van der Waals surface area contributed by atoms with Crippen LogP contribution in [0.1, 0.15) is 5.56 Å². The average molecular weight is 308 g/mol. The van der Waals surface area contributed by atoms with E-state index in [2.05, 4.69) is 33.5 Å². The van der Waals surface area contributed by atoms with E-state index in [1.165, 1.54) is 5.56 Å². The van der Waals surface area contributed by atoms with Gasteiger partial charge in [-0.1, -0.05) is 41.9 Å². The molecule has 0 unspecified atom stereocenters. The van der Waals surface area contributed by atoms with E-state index in [4.69, 9.17) is 11.6 Å². The molecule has 0 saturated heterocycles. The lowest BCUT2D eigenvalue weighted by molar-refractivity contribution is 1.12. The number of H-pyrrole nitrogens is 1. The van der Waals surface area contributed by atoms with E-state index in [1.54, 1.807) is 0 Å². The molecule has 0 bridgehead atoms. The lowest BCUT2D eigenvalue weighted by Gasteiger charge is -2.05. The van der Waals surface area contributed by atoms with Gasteiger partial charge in [0.1, 0.15) is 5.82 Å². The Kier molecular flexibility index (Phi) is 3.20. The van der Waals surface area contributed by atoms with Gasteiger partial charge in [0.2, 0.25) is 0 Å². The van der Waals surface area contributed by atoms with Crippen LogP contribution in [0.15, 0.2) is 60.8 Å². The van der Waals surface area contributed by atoms with E-state index in [9.17, 15) is 0 Å². The highest BCUT2D eigenvalue weighted by atomic mass is 35.5. The second-order valence-corrected chi connectivity index (χ2v) is 5.71. The largest absolute Gasteiger partial charge is 0.366 e. The molecule has 2 aromatic heterocycles. The first-order valence-corrected chi connectivity index (χ1v) is 7.52. The summed E-state index contributed by atoms with van der Waals surface area (Å²) in [5, 5.41) is 6.35. The standard InChI is InChI=1S/C18H14ClN3/c19-13-6-7-16-14(8-13)15-9-18(21-11-17(15)22-16)20-10-12-4-2-1-3-5-12/h1-9,11,22H,10H2,(H,20,21). The quantitative estimate of drug-likeness (QED) is 0.560. The molecule has 4 heteroatoms. The number of pyridine rings is 1. The van der Waals surface area contributed by atoms with Gasteiger partial charge in [0.25, 0.3) is 0 Å². The number of aromatic amines is 1. The van der Waals surface area contributed by atoms with Crippen LogP contribution >= 0.6 is 11.6 Å². The molecular formula is C18H14ClN3. The predicted octanol–water partition coefficient (Wildman–Crippen LogP) is 4.98. The minimum atomic E-state index is 0.740. The van der Waals surface area contributed by atoms with Crippen LogP contribution in [0.2, 0.25) is 5.02 Å². The van der Waals surface area contributed by atoms with Gasteiger partial charge in [0.15, 0.2) is 0 Å². The van der Waals surface area contributed by atoms with Gasteiger partial charge in [-0.2, -0.15) is 0 Å². The average Bonchev–Trinajstić information content (AvgIpc) is 2.91. The lowest BCUT2D eigenvalue weighted by Crippen LogP contribution is -2.00. The Morgan fingerprint density at radius 2 is 1.77 bits per heavy atom. The second kappa shape index (κ2) is 5.35. The van der Waals surface area contributed by atoms with E-state index in [0.717, 1.165) is 39.2 Å². The summed E-state index contributed by atoms with van der Waals surface area (Å²) in [5.74, 6) is 0.859. The molecule has 108 valence electrons. The number of aromatic nitrogens is 2. The zero-order chi connectivity index (χ0) is 14.9. The van der Waals surface area contributed by atoms with Crippen molar-refractivity contribution < 1.29 is 0 Å². The topological polar surface area (TPSA) is 40.7 Å². The molecule has 0 aliphatic carbocycles. The molecule has 0 atom stereocenters. The summed E-state index contributed by atoms with van der Waals surface area (Å²) >= 11 is 6.11. The SMILES string of the molecule is Clc1ccc2[nH]c3cnc(NCc4ccccc4)cc3c2c1. The van der Waals surface area contributed by atoms with Crippen molar-refractivity contribution in [1.29, 1.82) is 0 Å².